The van der Waals surface area contributed by atoms with Crippen LogP contribution < -0.4 is 5.73 Å². The topological polar surface area (TPSA) is 46.3 Å². The van der Waals surface area contributed by atoms with Crippen molar-refractivity contribution in [2.45, 2.75) is 19.3 Å². The molecule has 1 aliphatic heterocycles. The molecule has 0 saturated carbocycles. The van der Waals surface area contributed by atoms with E-state index in [-0.39, 0.29) is 5.91 Å². The number of hydrogen-bond acceptors (Lipinski definition) is 2. The Bertz CT molecular complexity index is 463. The van der Waals surface area contributed by atoms with Crippen LogP contribution in [-0.2, 0) is 0 Å². The maximum atomic E-state index is 12.5. The van der Waals surface area contributed by atoms with Crippen molar-refractivity contribution in [1.29, 1.82) is 0 Å². The highest BCUT2D eigenvalue weighted by atomic mass is 35.5. The highest BCUT2D eigenvalue weighted by Crippen LogP contribution is 2.25. The standard InChI is InChI=1S/C14H18Cl2N2O/c15-11-3-4-13(16)12(8-11)14(19)18-7-1-2-10(9-18)5-6-17/h3-4,8,10H,1-2,5-7,9,17H2. The summed E-state index contributed by atoms with van der Waals surface area (Å²) >= 11 is 12.0. The molecule has 3 nitrogen and oxygen atoms in total. The molecule has 0 bridgehead atoms. The van der Waals surface area contributed by atoms with Gasteiger partial charge < -0.3 is 10.6 Å². The predicted molar refractivity (Wildman–Crippen MR) is 78.8 cm³/mol. The molecule has 104 valence electrons. The zero-order chi connectivity index (χ0) is 13.8. The summed E-state index contributed by atoms with van der Waals surface area (Å²) < 4.78 is 0. The minimum absolute atomic E-state index is 0.0331. The number of rotatable bonds is 3. The van der Waals surface area contributed by atoms with Gasteiger partial charge in [-0.2, -0.15) is 0 Å². The SMILES string of the molecule is NCCC1CCCN(C(=O)c2cc(Cl)ccc2Cl)C1. The normalized spacial score (nSPS) is 19.5. The predicted octanol–water partition coefficient (Wildman–Crippen LogP) is 3.19. The summed E-state index contributed by atoms with van der Waals surface area (Å²) in [6, 6.07) is 4.99. The van der Waals surface area contributed by atoms with Gasteiger partial charge in [0.15, 0.2) is 0 Å². The Morgan fingerprint density at radius 1 is 1.42 bits per heavy atom. The summed E-state index contributed by atoms with van der Waals surface area (Å²) in [6.45, 7) is 2.21. The lowest BCUT2D eigenvalue weighted by atomic mass is 9.94. The van der Waals surface area contributed by atoms with E-state index in [9.17, 15) is 4.79 Å². The van der Waals surface area contributed by atoms with Crippen LogP contribution in [-0.4, -0.2) is 30.4 Å². The van der Waals surface area contributed by atoms with Gasteiger partial charge in [0.05, 0.1) is 10.6 Å². The van der Waals surface area contributed by atoms with Crippen molar-refractivity contribution in [2.24, 2.45) is 11.7 Å². The van der Waals surface area contributed by atoms with Crippen LogP contribution in [0.1, 0.15) is 29.6 Å². The largest absolute Gasteiger partial charge is 0.338 e. The number of nitrogens with zero attached hydrogens (tertiary/aromatic N) is 1. The number of carbonyl (C=O) groups is 1. The average molecular weight is 301 g/mol. The number of benzene rings is 1. The first-order valence-electron chi connectivity index (χ1n) is 6.56. The lowest BCUT2D eigenvalue weighted by Crippen LogP contribution is -2.40. The molecule has 0 aliphatic carbocycles. The number of likely N-dealkylation sites (tertiary alicyclic amines) is 1. The second kappa shape index (κ2) is 6.60. The highest BCUT2D eigenvalue weighted by molar-refractivity contribution is 6.35. The zero-order valence-electron chi connectivity index (χ0n) is 10.7. The van der Waals surface area contributed by atoms with E-state index in [2.05, 4.69) is 0 Å². The van der Waals surface area contributed by atoms with Crippen LogP contribution in [0.15, 0.2) is 18.2 Å². The minimum Gasteiger partial charge on any atom is -0.338 e. The Kier molecular flexibility index (Phi) is 5.08. The summed E-state index contributed by atoms with van der Waals surface area (Å²) in [5.41, 5.74) is 6.08. The van der Waals surface area contributed by atoms with Gasteiger partial charge in [-0.15, -0.1) is 0 Å². The third-order valence-electron chi connectivity index (χ3n) is 3.54. The molecule has 1 saturated heterocycles. The van der Waals surface area contributed by atoms with Crippen LogP contribution in [0.3, 0.4) is 0 Å². The van der Waals surface area contributed by atoms with E-state index in [1.54, 1.807) is 18.2 Å². The highest BCUT2D eigenvalue weighted by Gasteiger charge is 2.25. The van der Waals surface area contributed by atoms with Crippen molar-refractivity contribution < 1.29 is 4.79 Å². The fourth-order valence-electron chi connectivity index (χ4n) is 2.55. The molecule has 1 heterocycles. The first kappa shape index (κ1) is 14.6. The van der Waals surface area contributed by atoms with Crippen LogP contribution >= 0.6 is 23.2 Å². The van der Waals surface area contributed by atoms with Crippen molar-refractivity contribution in [3.8, 4) is 0 Å². The quantitative estimate of drug-likeness (QED) is 0.932. The van der Waals surface area contributed by atoms with E-state index < -0.39 is 0 Å². The Balaban J connectivity index is 2.12. The molecular weight excluding hydrogens is 283 g/mol. The molecule has 1 unspecified atom stereocenters. The molecule has 1 aromatic rings. The molecule has 19 heavy (non-hydrogen) atoms. The second-order valence-corrected chi connectivity index (χ2v) is 5.80. The molecule has 1 atom stereocenters. The number of amides is 1. The molecule has 0 radical (unpaired) electrons. The van der Waals surface area contributed by atoms with Gasteiger partial charge in [-0.05, 0) is 49.9 Å². The van der Waals surface area contributed by atoms with E-state index >= 15 is 0 Å². The summed E-state index contributed by atoms with van der Waals surface area (Å²) in [7, 11) is 0. The molecule has 1 aromatic carbocycles. The molecule has 1 fully saturated rings. The fraction of sp³-hybridized carbons (Fsp3) is 0.500. The second-order valence-electron chi connectivity index (χ2n) is 4.96. The maximum Gasteiger partial charge on any atom is 0.255 e. The summed E-state index contributed by atoms with van der Waals surface area (Å²) in [5, 5.41) is 0.985. The number of nitrogens with two attached hydrogens (primary N) is 1. The van der Waals surface area contributed by atoms with Crippen molar-refractivity contribution in [1.82, 2.24) is 4.90 Å². The first-order chi connectivity index (χ1) is 9.11. The first-order valence-corrected chi connectivity index (χ1v) is 7.32. The molecular formula is C14H18Cl2N2O. The molecule has 2 N–H and O–H groups in total. The van der Waals surface area contributed by atoms with Gasteiger partial charge in [-0.1, -0.05) is 23.2 Å². The van der Waals surface area contributed by atoms with E-state index in [1.807, 2.05) is 4.90 Å². The number of hydrogen-bond donors (Lipinski definition) is 1. The van der Waals surface area contributed by atoms with Crippen LogP contribution in [0.5, 0.6) is 0 Å². The fourth-order valence-corrected chi connectivity index (χ4v) is 2.92. The number of piperidine rings is 1. The van der Waals surface area contributed by atoms with Crippen molar-refractivity contribution in [3.63, 3.8) is 0 Å². The smallest absolute Gasteiger partial charge is 0.255 e. The van der Waals surface area contributed by atoms with Gasteiger partial charge in [0.25, 0.3) is 5.91 Å². The molecule has 1 aliphatic rings. The molecule has 1 amide bonds. The van der Waals surface area contributed by atoms with E-state index in [0.717, 1.165) is 32.4 Å². The summed E-state index contributed by atoms with van der Waals surface area (Å²) in [6.07, 6.45) is 3.13. The third kappa shape index (κ3) is 3.62. The molecule has 0 spiro atoms. The molecule has 2 rings (SSSR count). The van der Waals surface area contributed by atoms with Gasteiger partial charge in [0.1, 0.15) is 0 Å². The van der Waals surface area contributed by atoms with Crippen molar-refractivity contribution in [3.05, 3.63) is 33.8 Å². The monoisotopic (exact) mass is 300 g/mol. The third-order valence-corrected chi connectivity index (χ3v) is 4.10. The Hall–Kier alpha value is -0.770. The summed E-state index contributed by atoms with van der Waals surface area (Å²) in [5.74, 6) is 0.467. The maximum absolute atomic E-state index is 12.5. The van der Waals surface area contributed by atoms with Crippen molar-refractivity contribution in [2.75, 3.05) is 19.6 Å². The van der Waals surface area contributed by atoms with Gasteiger partial charge >= 0.3 is 0 Å². The van der Waals surface area contributed by atoms with Crippen LogP contribution in [0.2, 0.25) is 10.0 Å². The molecule has 5 heteroatoms. The lowest BCUT2D eigenvalue weighted by Gasteiger charge is -2.33. The lowest BCUT2D eigenvalue weighted by molar-refractivity contribution is 0.0669. The number of carbonyl (C=O) groups excluding carboxylic acids is 1. The van der Waals surface area contributed by atoms with Crippen LogP contribution in [0, 0.1) is 5.92 Å². The number of halogens is 2. The zero-order valence-corrected chi connectivity index (χ0v) is 12.3. The Labute approximate surface area is 123 Å². The average Bonchev–Trinajstić information content (AvgIpc) is 2.41. The van der Waals surface area contributed by atoms with Gasteiger partial charge in [0, 0.05) is 18.1 Å². The van der Waals surface area contributed by atoms with E-state index in [1.165, 1.54) is 0 Å². The summed E-state index contributed by atoms with van der Waals surface area (Å²) in [4.78, 5) is 14.3. The van der Waals surface area contributed by atoms with E-state index in [0.29, 0.717) is 28.1 Å². The molecule has 0 aromatic heterocycles. The van der Waals surface area contributed by atoms with Gasteiger partial charge in [-0.3, -0.25) is 4.79 Å². The minimum atomic E-state index is -0.0331. The van der Waals surface area contributed by atoms with Crippen LogP contribution in [0.4, 0.5) is 0 Å². The van der Waals surface area contributed by atoms with E-state index in [4.69, 9.17) is 28.9 Å². The van der Waals surface area contributed by atoms with Gasteiger partial charge in [0.2, 0.25) is 0 Å². The van der Waals surface area contributed by atoms with Crippen molar-refractivity contribution >= 4 is 29.1 Å². The van der Waals surface area contributed by atoms with Gasteiger partial charge in [-0.25, -0.2) is 0 Å². The van der Waals surface area contributed by atoms with Crippen LogP contribution in [0.25, 0.3) is 0 Å². The Morgan fingerprint density at radius 2 is 2.21 bits per heavy atom. The Morgan fingerprint density at radius 3 is 2.95 bits per heavy atom.